The molecule has 5 heteroatoms. The molecule has 1 amide bonds. The fourth-order valence-corrected chi connectivity index (χ4v) is 3.78. The summed E-state index contributed by atoms with van der Waals surface area (Å²) in [5, 5.41) is 13.5. The molecule has 2 rings (SSSR count). The molecule has 134 valence electrons. The number of nitrogens with one attached hydrogen (secondary N) is 1. The molecule has 1 saturated heterocycles. The maximum atomic E-state index is 12.3. The van der Waals surface area contributed by atoms with E-state index in [0.29, 0.717) is 19.0 Å². The van der Waals surface area contributed by atoms with Crippen LogP contribution in [0.3, 0.4) is 0 Å². The van der Waals surface area contributed by atoms with Crippen molar-refractivity contribution in [3.8, 4) is 0 Å². The highest BCUT2D eigenvalue weighted by atomic mass is 16.5. The molecular formula is C18H34N2O3. The summed E-state index contributed by atoms with van der Waals surface area (Å²) in [5.74, 6) is 0.827. The molecule has 1 heterocycles. The lowest BCUT2D eigenvalue weighted by atomic mass is 9.83. The van der Waals surface area contributed by atoms with Gasteiger partial charge in [0.15, 0.2) is 0 Å². The van der Waals surface area contributed by atoms with Crippen LogP contribution in [-0.2, 0) is 9.53 Å². The molecule has 1 aliphatic heterocycles. The van der Waals surface area contributed by atoms with E-state index < -0.39 is 5.60 Å². The molecule has 2 aliphatic rings. The summed E-state index contributed by atoms with van der Waals surface area (Å²) >= 11 is 0. The summed E-state index contributed by atoms with van der Waals surface area (Å²) in [4.78, 5) is 14.5. The van der Waals surface area contributed by atoms with Gasteiger partial charge in [0.1, 0.15) is 0 Å². The molecule has 2 N–H and O–H groups in total. The first-order chi connectivity index (χ1) is 11.0. The predicted octanol–water partition coefficient (Wildman–Crippen LogP) is 1.79. The number of carbonyl (C=O) groups excluding carboxylic acids is 1. The van der Waals surface area contributed by atoms with E-state index in [1.54, 1.807) is 6.92 Å². The third-order valence-electron chi connectivity index (χ3n) is 5.17. The molecule has 2 unspecified atom stereocenters. The summed E-state index contributed by atoms with van der Waals surface area (Å²) in [5.41, 5.74) is -0.891. The van der Waals surface area contributed by atoms with Crippen LogP contribution in [0, 0.1) is 11.8 Å². The van der Waals surface area contributed by atoms with E-state index in [4.69, 9.17) is 4.74 Å². The predicted molar refractivity (Wildman–Crippen MR) is 91.2 cm³/mol. The van der Waals surface area contributed by atoms with Gasteiger partial charge in [-0.3, -0.25) is 9.69 Å². The molecule has 23 heavy (non-hydrogen) atoms. The minimum Gasteiger partial charge on any atom is -0.387 e. The van der Waals surface area contributed by atoms with Crippen molar-refractivity contribution in [1.29, 1.82) is 0 Å². The Kier molecular flexibility index (Phi) is 7.31. The maximum Gasteiger partial charge on any atom is 0.222 e. The highest BCUT2D eigenvalue weighted by Crippen LogP contribution is 2.29. The third kappa shape index (κ3) is 6.77. The van der Waals surface area contributed by atoms with E-state index in [-0.39, 0.29) is 11.8 Å². The monoisotopic (exact) mass is 326 g/mol. The van der Waals surface area contributed by atoms with Crippen molar-refractivity contribution in [2.45, 2.75) is 58.0 Å². The van der Waals surface area contributed by atoms with Gasteiger partial charge in [-0.2, -0.15) is 0 Å². The zero-order chi connectivity index (χ0) is 16.7. The van der Waals surface area contributed by atoms with E-state index in [0.717, 1.165) is 32.7 Å². The van der Waals surface area contributed by atoms with Crippen molar-refractivity contribution in [3.63, 3.8) is 0 Å². The molecule has 0 bridgehead atoms. The lowest BCUT2D eigenvalue weighted by Crippen LogP contribution is -2.51. The van der Waals surface area contributed by atoms with Crippen molar-refractivity contribution >= 4 is 5.91 Å². The van der Waals surface area contributed by atoms with Gasteiger partial charge in [0.2, 0.25) is 5.91 Å². The normalized spacial score (nSPS) is 24.8. The number of aliphatic hydroxyl groups is 1. The summed E-state index contributed by atoms with van der Waals surface area (Å²) in [6.45, 7) is 7.85. The second-order valence-corrected chi connectivity index (χ2v) is 7.74. The van der Waals surface area contributed by atoms with Crippen molar-refractivity contribution in [1.82, 2.24) is 10.2 Å². The Bertz CT molecular complexity index is 361. The highest BCUT2D eigenvalue weighted by molar-refractivity contribution is 5.78. The first-order valence-electron chi connectivity index (χ1n) is 9.26. The molecular weight excluding hydrogens is 292 g/mol. The lowest BCUT2D eigenvalue weighted by Gasteiger charge is -2.34. The number of morpholine rings is 1. The first-order valence-corrected chi connectivity index (χ1v) is 9.26. The molecule has 0 spiro atoms. The Morgan fingerprint density at radius 2 is 1.96 bits per heavy atom. The van der Waals surface area contributed by atoms with Crippen LogP contribution in [-0.4, -0.2) is 60.9 Å². The Balaban J connectivity index is 1.68. The fourth-order valence-electron chi connectivity index (χ4n) is 3.78. The van der Waals surface area contributed by atoms with Gasteiger partial charge in [-0.15, -0.1) is 0 Å². The first kappa shape index (κ1) is 18.7. The van der Waals surface area contributed by atoms with Crippen LogP contribution in [0.1, 0.15) is 52.4 Å². The van der Waals surface area contributed by atoms with E-state index >= 15 is 0 Å². The molecule has 0 radical (unpaired) electrons. The molecule has 2 fully saturated rings. The van der Waals surface area contributed by atoms with Gasteiger partial charge in [-0.25, -0.2) is 0 Å². The number of ether oxygens (including phenoxy) is 1. The smallest absolute Gasteiger partial charge is 0.222 e. The zero-order valence-corrected chi connectivity index (χ0v) is 14.9. The largest absolute Gasteiger partial charge is 0.387 e. The second-order valence-electron chi connectivity index (χ2n) is 7.74. The van der Waals surface area contributed by atoms with E-state index in [2.05, 4.69) is 10.2 Å². The van der Waals surface area contributed by atoms with Crippen LogP contribution in [0.5, 0.6) is 0 Å². The van der Waals surface area contributed by atoms with Gasteiger partial charge in [-0.05, 0) is 19.3 Å². The number of rotatable bonds is 7. The van der Waals surface area contributed by atoms with Crippen LogP contribution >= 0.6 is 0 Å². The van der Waals surface area contributed by atoms with Crippen molar-refractivity contribution < 1.29 is 14.6 Å². The van der Waals surface area contributed by atoms with Crippen LogP contribution < -0.4 is 5.32 Å². The lowest BCUT2D eigenvalue weighted by molar-refractivity contribution is -0.126. The number of β-amino-alcohol motifs (C(OH)–C–C–N with tert-alkyl or cyclic N) is 1. The van der Waals surface area contributed by atoms with Crippen LogP contribution in [0.2, 0.25) is 0 Å². The SMILES string of the molecule is CC(CC1CCCCC1)C(=O)NCC(C)(O)CN1CCOCC1. The number of hydrogen-bond acceptors (Lipinski definition) is 4. The van der Waals surface area contributed by atoms with Gasteiger partial charge >= 0.3 is 0 Å². The van der Waals surface area contributed by atoms with Crippen LogP contribution in [0.25, 0.3) is 0 Å². The van der Waals surface area contributed by atoms with Gasteiger partial charge < -0.3 is 15.2 Å². The standard InChI is InChI=1S/C18H34N2O3/c1-15(12-16-6-4-3-5-7-16)17(21)19-13-18(2,22)14-20-8-10-23-11-9-20/h15-16,22H,3-14H2,1-2H3,(H,19,21). The van der Waals surface area contributed by atoms with Gasteiger partial charge in [-0.1, -0.05) is 39.0 Å². The van der Waals surface area contributed by atoms with Crippen molar-refractivity contribution in [2.75, 3.05) is 39.4 Å². The Morgan fingerprint density at radius 1 is 1.30 bits per heavy atom. The highest BCUT2D eigenvalue weighted by Gasteiger charge is 2.27. The second kappa shape index (κ2) is 9.00. The van der Waals surface area contributed by atoms with E-state index in [1.165, 1.54) is 32.1 Å². The van der Waals surface area contributed by atoms with Crippen LogP contribution in [0.4, 0.5) is 0 Å². The minimum atomic E-state index is -0.891. The third-order valence-corrected chi connectivity index (χ3v) is 5.17. The quantitative estimate of drug-likeness (QED) is 0.749. The molecule has 5 nitrogen and oxygen atoms in total. The topological polar surface area (TPSA) is 61.8 Å². The molecule has 0 aromatic rings. The summed E-state index contributed by atoms with van der Waals surface area (Å²) < 4.78 is 5.32. The van der Waals surface area contributed by atoms with Gasteiger partial charge in [0.25, 0.3) is 0 Å². The number of carbonyl (C=O) groups is 1. The minimum absolute atomic E-state index is 0.0392. The Morgan fingerprint density at radius 3 is 2.61 bits per heavy atom. The van der Waals surface area contributed by atoms with Gasteiger partial charge in [0.05, 0.1) is 18.8 Å². The van der Waals surface area contributed by atoms with Crippen LogP contribution in [0.15, 0.2) is 0 Å². The number of nitrogens with zero attached hydrogens (tertiary/aromatic N) is 1. The average molecular weight is 326 g/mol. The number of amides is 1. The molecule has 1 aliphatic carbocycles. The van der Waals surface area contributed by atoms with E-state index in [9.17, 15) is 9.90 Å². The summed E-state index contributed by atoms with van der Waals surface area (Å²) in [6, 6.07) is 0. The molecule has 2 atom stereocenters. The van der Waals surface area contributed by atoms with E-state index in [1.807, 2.05) is 6.92 Å². The fraction of sp³-hybridized carbons (Fsp3) is 0.944. The number of hydrogen-bond donors (Lipinski definition) is 2. The maximum absolute atomic E-state index is 12.3. The van der Waals surface area contributed by atoms with Gasteiger partial charge in [0, 0.05) is 32.1 Å². The Hall–Kier alpha value is -0.650. The summed E-state index contributed by atoms with van der Waals surface area (Å²) in [6.07, 6.45) is 7.50. The molecule has 0 aromatic heterocycles. The van der Waals surface area contributed by atoms with Crippen molar-refractivity contribution in [2.24, 2.45) is 11.8 Å². The molecule has 1 saturated carbocycles. The zero-order valence-electron chi connectivity index (χ0n) is 14.9. The Labute approximate surface area is 140 Å². The summed E-state index contributed by atoms with van der Waals surface area (Å²) in [7, 11) is 0. The average Bonchev–Trinajstić information content (AvgIpc) is 2.54. The molecule has 0 aromatic carbocycles. The van der Waals surface area contributed by atoms with Crippen molar-refractivity contribution in [3.05, 3.63) is 0 Å².